The van der Waals surface area contributed by atoms with Gasteiger partial charge < -0.3 is 9.84 Å². The van der Waals surface area contributed by atoms with Gasteiger partial charge in [0.1, 0.15) is 0 Å². The standard InChI is InChI=1S/C13H26O2/c1-3-8-15-9-7-13(14)12-6-4-5-11(2)10-12/h11-14H,3-10H2,1-2H3. The van der Waals surface area contributed by atoms with Crippen LogP contribution in [0.2, 0.25) is 0 Å². The van der Waals surface area contributed by atoms with Crippen molar-refractivity contribution in [1.82, 2.24) is 0 Å². The Kier molecular flexibility index (Phi) is 6.26. The smallest absolute Gasteiger partial charge is 0.0590 e. The Balaban J connectivity index is 2.12. The van der Waals surface area contributed by atoms with Crippen molar-refractivity contribution in [3.05, 3.63) is 0 Å². The normalized spacial score (nSPS) is 29.0. The Morgan fingerprint density at radius 1 is 1.33 bits per heavy atom. The molecule has 3 unspecified atom stereocenters. The molecule has 0 aromatic rings. The predicted octanol–water partition coefficient (Wildman–Crippen LogP) is 2.99. The van der Waals surface area contributed by atoms with Gasteiger partial charge in [0.15, 0.2) is 0 Å². The van der Waals surface area contributed by atoms with E-state index >= 15 is 0 Å². The number of hydrogen-bond acceptors (Lipinski definition) is 2. The van der Waals surface area contributed by atoms with Crippen molar-refractivity contribution in [3.63, 3.8) is 0 Å². The topological polar surface area (TPSA) is 29.5 Å². The second-order valence-electron chi connectivity index (χ2n) is 5.00. The monoisotopic (exact) mass is 214 g/mol. The van der Waals surface area contributed by atoms with Crippen molar-refractivity contribution in [2.24, 2.45) is 11.8 Å². The van der Waals surface area contributed by atoms with Gasteiger partial charge in [-0.2, -0.15) is 0 Å². The van der Waals surface area contributed by atoms with Crippen LogP contribution in [-0.2, 0) is 4.74 Å². The molecular weight excluding hydrogens is 188 g/mol. The van der Waals surface area contributed by atoms with E-state index in [0.717, 1.165) is 32.0 Å². The molecule has 1 rings (SSSR count). The molecule has 2 nitrogen and oxygen atoms in total. The minimum Gasteiger partial charge on any atom is -0.393 e. The number of aliphatic hydroxyl groups is 1. The van der Waals surface area contributed by atoms with Crippen LogP contribution in [0.15, 0.2) is 0 Å². The highest BCUT2D eigenvalue weighted by atomic mass is 16.5. The van der Waals surface area contributed by atoms with E-state index in [4.69, 9.17) is 4.74 Å². The summed E-state index contributed by atoms with van der Waals surface area (Å²) in [6.07, 6.45) is 6.79. The summed E-state index contributed by atoms with van der Waals surface area (Å²) in [7, 11) is 0. The first-order valence-electron chi connectivity index (χ1n) is 6.49. The highest BCUT2D eigenvalue weighted by molar-refractivity contribution is 4.76. The molecular formula is C13H26O2. The molecule has 0 bridgehead atoms. The molecule has 1 N–H and O–H groups in total. The molecule has 1 aliphatic carbocycles. The van der Waals surface area contributed by atoms with E-state index in [9.17, 15) is 5.11 Å². The van der Waals surface area contributed by atoms with Gasteiger partial charge in [0.25, 0.3) is 0 Å². The lowest BCUT2D eigenvalue weighted by Crippen LogP contribution is -2.27. The van der Waals surface area contributed by atoms with E-state index in [0.29, 0.717) is 5.92 Å². The molecule has 1 saturated carbocycles. The van der Waals surface area contributed by atoms with Crippen LogP contribution in [0.4, 0.5) is 0 Å². The van der Waals surface area contributed by atoms with Crippen LogP contribution in [0.5, 0.6) is 0 Å². The number of rotatable bonds is 6. The maximum atomic E-state index is 10.0. The van der Waals surface area contributed by atoms with Gasteiger partial charge in [0, 0.05) is 13.2 Å². The number of ether oxygens (including phenoxy) is 1. The lowest BCUT2D eigenvalue weighted by Gasteiger charge is -2.30. The van der Waals surface area contributed by atoms with Crippen LogP contribution in [-0.4, -0.2) is 24.4 Å². The van der Waals surface area contributed by atoms with Gasteiger partial charge in [-0.05, 0) is 37.5 Å². The van der Waals surface area contributed by atoms with Gasteiger partial charge in [-0.25, -0.2) is 0 Å². The quantitative estimate of drug-likeness (QED) is 0.689. The van der Waals surface area contributed by atoms with Gasteiger partial charge in [0.05, 0.1) is 6.10 Å². The molecule has 0 spiro atoms. The maximum absolute atomic E-state index is 10.0. The fraction of sp³-hybridized carbons (Fsp3) is 1.00. The molecule has 0 aliphatic heterocycles. The fourth-order valence-electron chi connectivity index (χ4n) is 2.52. The summed E-state index contributed by atoms with van der Waals surface area (Å²) >= 11 is 0. The third kappa shape index (κ3) is 4.98. The summed E-state index contributed by atoms with van der Waals surface area (Å²) in [5, 5.41) is 10.0. The van der Waals surface area contributed by atoms with Gasteiger partial charge in [-0.15, -0.1) is 0 Å². The summed E-state index contributed by atoms with van der Waals surface area (Å²) in [5.41, 5.74) is 0. The van der Waals surface area contributed by atoms with Gasteiger partial charge in [-0.1, -0.05) is 26.7 Å². The second-order valence-corrected chi connectivity index (χ2v) is 5.00. The third-order valence-corrected chi connectivity index (χ3v) is 3.43. The summed E-state index contributed by atoms with van der Waals surface area (Å²) in [6.45, 7) is 5.96. The molecule has 0 aromatic heterocycles. The summed E-state index contributed by atoms with van der Waals surface area (Å²) in [5.74, 6) is 1.33. The van der Waals surface area contributed by atoms with Crippen LogP contribution in [0, 0.1) is 11.8 Å². The molecule has 1 fully saturated rings. The van der Waals surface area contributed by atoms with E-state index in [1.165, 1.54) is 25.7 Å². The Morgan fingerprint density at radius 3 is 2.80 bits per heavy atom. The number of aliphatic hydroxyl groups excluding tert-OH is 1. The summed E-state index contributed by atoms with van der Waals surface area (Å²) < 4.78 is 5.41. The van der Waals surface area contributed by atoms with Crippen LogP contribution in [0.3, 0.4) is 0 Å². The molecule has 2 heteroatoms. The van der Waals surface area contributed by atoms with E-state index in [2.05, 4.69) is 13.8 Å². The van der Waals surface area contributed by atoms with Crippen LogP contribution in [0.1, 0.15) is 52.4 Å². The van der Waals surface area contributed by atoms with E-state index in [1.807, 2.05) is 0 Å². The zero-order chi connectivity index (χ0) is 11.1. The van der Waals surface area contributed by atoms with Gasteiger partial charge >= 0.3 is 0 Å². The molecule has 0 amide bonds. The first-order valence-corrected chi connectivity index (χ1v) is 6.49. The lowest BCUT2D eigenvalue weighted by atomic mass is 9.79. The molecule has 15 heavy (non-hydrogen) atoms. The first kappa shape index (κ1) is 13.0. The highest BCUT2D eigenvalue weighted by Crippen LogP contribution is 2.31. The average molecular weight is 214 g/mol. The zero-order valence-corrected chi connectivity index (χ0v) is 10.2. The Morgan fingerprint density at radius 2 is 2.13 bits per heavy atom. The van der Waals surface area contributed by atoms with E-state index < -0.39 is 0 Å². The summed E-state index contributed by atoms with van der Waals surface area (Å²) in [4.78, 5) is 0. The van der Waals surface area contributed by atoms with Crippen LogP contribution >= 0.6 is 0 Å². The largest absolute Gasteiger partial charge is 0.393 e. The van der Waals surface area contributed by atoms with Crippen molar-refractivity contribution in [1.29, 1.82) is 0 Å². The zero-order valence-electron chi connectivity index (χ0n) is 10.2. The van der Waals surface area contributed by atoms with E-state index in [1.54, 1.807) is 0 Å². The van der Waals surface area contributed by atoms with Gasteiger partial charge in [-0.3, -0.25) is 0 Å². The van der Waals surface area contributed by atoms with Crippen LogP contribution in [0.25, 0.3) is 0 Å². The molecule has 90 valence electrons. The van der Waals surface area contributed by atoms with Crippen molar-refractivity contribution in [2.45, 2.75) is 58.5 Å². The van der Waals surface area contributed by atoms with Crippen molar-refractivity contribution in [3.8, 4) is 0 Å². The maximum Gasteiger partial charge on any atom is 0.0590 e. The van der Waals surface area contributed by atoms with E-state index in [-0.39, 0.29) is 6.10 Å². The SMILES string of the molecule is CCCOCCC(O)C1CCCC(C)C1. The molecule has 1 aliphatic rings. The first-order chi connectivity index (χ1) is 7.24. The molecule has 0 aromatic carbocycles. The van der Waals surface area contributed by atoms with Crippen molar-refractivity contribution < 1.29 is 9.84 Å². The average Bonchev–Trinajstić information content (AvgIpc) is 2.24. The predicted molar refractivity (Wildman–Crippen MR) is 62.9 cm³/mol. The summed E-state index contributed by atoms with van der Waals surface area (Å²) in [6, 6.07) is 0. The van der Waals surface area contributed by atoms with Crippen molar-refractivity contribution in [2.75, 3.05) is 13.2 Å². The lowest BCUT2D eigenvalue weighted by molar-refractivity contribution is 0.0317. The molecule has 0 saturated heterocycles. The third-order valence-electron chi connectivity index (χ3n) is 3.43. The Bertz CT molecular complexity index is 159. The number of hydrogen-bond donors (Lipinski definition) is 1. The van der Waals surface area contributed by atoms with Gasteiger partial charge in [0.2, 0.25) is 0 Å². The molecule has 3 atom stereocenters. The minimum absolute atomic E-state index is 0.135. The fourth-order valence-corrected chi connectivity index (χ4v) is 2.52. The highest BCUT2D eigenvalue weighted by Gasteiger charge is 2.24. The van der Waals surface area contributed by atoms with Crippen molar-refractivity contribution >= 4 is 0 Å². The minimum atomic E-state index is -0.135. The Hall–Kier alpha value is -0.0800. The second kappa shape index (κ2) is 7.24. The molecule has 0 heterocycles. The van der Waals surface area contributed by atoms with Crippen LogP contribution < -0.4 is 0 Å². The molecule has 0 radical (unpaired) electrons. The Labute approximate surface area is 94.0 Å².